The number of halogens is 1. The third-order valence-electron chi connectivity index (χ3n) is 3.88. The lowest BCUT2D eigenvalue weighted by Gasteiger charge is -2.25. The van der Waals surface area contributed by atoms with Gasteiger partial charge in [0.05, 0.1) is 0 Å². The second-order valence-electron chi connectivity index (χ2n) is 4.74. The van der Waals surface area contributed by atoms with Crippen LogP contribution in [0.3, 0.4) is 0 Å². The van der Waals surface area contributed by atoms with Crippen LogP contribution in [0.25, 0.3) is 0 Å². The monoisotopic (exact) mass is 301 g/mol. The van der Waals surface area contributed by atoms with Gasteiger partial charge in [-0.1, -0.05) is 0 Å². The van der Waals surface area contributed by atoms with Crippen molar-refractivity contribution in [2.24, 2.45) is 0 Å². The number of rotatable bonds is 1. The smallest absolute Gasteiger partial charge is 0.186 e. The molecule has 0 radical (unpaired) electrons. The van der Waals surface area contributed by atoms with Crippen LogP contribution in [0, 0.1) is 0 Å². The van der Waals surface area contributed by atoms with Crippen LogP contribution >= 0.6 is 27.3 Å². The van der Waals surface area contributed by atoms with Gasteiger partial charge in [-0.25, -0.2) is 4.98 Å². The molecule has 3 rings (SSSR count). The molecule has 0 aliphatic carbocycles. The quantitative estimate of drug-likeness (QED) is 0.795. The summed E-state index contributed by atoms with van der Waals surface area (Å²) in [5.74, 6) is 0. The molecule has 16 heavy (non-hydrogen) atoms. The van der Waals surface area contributed by atoms with Crippen LogP contribution in [0.1, 0.15) is 19.3 Å². The number of likely N-dealkylation sites (N-methyl/N-ethyl adjacent to an activating group) is 1. The van der Waals surface area contributed by atoms with E-state index in [-0.39, 0.29) is 0 Å². The van der Waals surface area contributed by atoms with Gasteiger partial charge in [-0.3, -0.25) is 4.90 Å². The van der Waals surface area contributed by atoms with E-state index in [1.54, 1.807) is 11.3 Å². The lowest BCUT2D eigenvalue weighted by molar-refractivity contribution is 0.254. The van der Waals surface area contributed by atoms with E-state index in [1.807, 2.05) is 0 Å². The maximum absolute atomic E-state index is 4.53. The maximum atomic E-state index is 4.53. The average Bonchev–Trinajstić information content (AvgIpc) is 2.74. The van der Waals surface area contributed by atoms with Crippen LogP contribution in [-0.2, 0) is 0 Å². The van der Waals surface area contributed by atoms with E-state index in [4.69, 9.17) is 0 Å². The minimum Gasteiger partial charge on any atom is -0.346 e. The fourth-order valence-electron chi connectivity index (χ4n) is 2.87. The zero-order chi connectivity index (χ0) is 11.1. The van der Waals surface area contributed by atoms with Crippen molar-refractivity contribution in [1.29, 1.82) is 0 Å². The van der Waals surface area contributed by atoms with E-state index < -0.39 is 0 Å². The number of hydrogen-bond acceptors (Lipinski definition) is 4. The van der Waals surface area contributed by atoms with Crippen molar-refractivity contribution < 1.29 is 0 Å². The van der Waals surface area contributed by atoms with Gasteiger partial charge in [0, 0.05) is 30.6 Å². The molecule has 3 nitrogen and oxygen atoms in total. The molecule has 1 aromatic rings. The van der Waals surface area contributed by atoms with E-state index in [2.05, 4.69) is 43.1 Å². The van der Waals surface area contributed by atoms with Gasteiger partial charge in [0.1, 0.15) is 4.60 Å². The minimum absolute atomic E-state index is 0.732. The van der Waals surface area contributed by atoms with Crippen LogP contribution in [0.4, 0.5) is 5.13 Å². The Morgan fingerprint density at radius 3 is 2.94 bits per heavy atom. The molecule has 2 bridgehead atoms. The SMILES string of the molecule is CN1C2CCC1CN(c1nc(Br)cs1)CC2. The second kappa shape index (κ2) is 4.27. The molecule has 5 heteroatoms. The van der Waals surface area contributed by atoms with Gasteiger partial charge >= 0.3 is 0 Å². The third kappa shape index (κ3) is 1.89. The molecule has 0 N–H and O–H groups in total. The molecule has 2 aliphatic rings. The largest absolute Gasteiger partial charge is 0.346 e. The number of aromatic nitrogens is 1. The van der Waals surface area contributed by atoms with Gasteiger partial charge in [0.15, 0.2) is 5.13 Å². The first-order valence-corrected chi connectivity index (χ1v) is 7.49. The number of fused-ring (bicyclic) bond motifs is 2. The molecule has 3 heterocycles. The van der Waals surface area contributed by atoms with Crippen LogP contribution in [0.2, 0.25) is 0 Å². The lowest BCUT2D eigenvalue weighted by Crippen LogP contribution is -2.36. The zero-order valence-corrected chi connectivity index (χ0v) is 11.8. The van der Waals surface area contributed by atoms with Gasteiger partial charge < -0.3 is 4.90 Å². The summed E-state index contributed by atoms with van der Waals surface area (Å²) in [6.45, 7) is 2.30. The highest BCUT2D eigenvalue weighted by Crippen LogP contribution is 2.32. The Kier molecular flexibility index (Phi) is 2.94. The summed E-state index contributed by atoms with van der Waals surface area (Å²) in [4.78, 5) is 9.55. The summed E-state index contributed by atoms with van der Waals surface area (Å²) in [6.07, 6.45) is 4.02. The van der Waals surface area contributed by atoms with Gasteiger partial charge in [-0.15, -0.1) is 11.3 Å². The molecular formula is C11H16BrN3S. The molecule has 2 atom stereocenters. The predicted octanol–water partition coefficient (Wildman–Crippen LogP) is 2.58. The van der Waals surface area contributed by atoms with Crippen molar-refractivity contribution in [3.63, 3.8) is 0 Å². The first kappa shape index (κ1) is 11.0. The van der Waals surface area contributed by atoms with E-state index in [0.717, 1.165) is 29.8 Å². The van der Waals surface area contributed by atoms with Crippen molar-refractivity contribution >= 4 is 32.4 Å². The molecule has 0 saturated carbocycles. The maximum Gasteiger partial charge on any atom is 0.186 e. The summed E-state index contributed by atoms with van der Waals surface area (Å²) < 4.78 is 0.968. The number of anilines is 1. The van der Waals surface area contributed by atoms with E-state index >= 15 is 0 Å². The van der Waals surface area contributed by atoms with Crippen molar-refractivity contribution in [2.75, 3.05) is 25.0 Å². The van der Waals surface area contributed by atoms with Crippen molar-refractivity contribution in [3.8, 4) is 0 Å². The predicted molar refractivity (Wildman–Crippen MR) is 71.2 cm³/mol. The Morgan fingerprint density at radius 2 is 2.19 bits per heavy atom. The van der Waals surface area contributed by atoms with Crippen LogP contribution < -0.4 is 4.90 Å². The van der Waals surface area contributed by atoms with E-state index in [9.17, 15) is 0 Å². The molecule has 0 aromatic carbocycles. The average molecular weight is 302 g/mol. The van der Waals surface area contributed by atoms with Crippen molar-refractivity contribution in [3.05, 3.63) is 9.98 Å². The molecule has 2 saturated heterocycles. The molecule has 2 unspecified atom stereocenters. The number of nitrogens with zero attached hydrogens (tertiary/aromatic N) is 3. The molecule has 0 amide bonds. The Hall–Kier alpha value is -0.130. The fraction of sp³-hybridized carbons (Fsp3) is 0.727. The Balaban J connectivity index is 1.79. The molecular weight excluding hydrogens is 286 g/mol. The summed E-state index contributed by atoms with van der Waals surface area (Å²) in [5.41, 5.74) is 0. The van der Waals surface area contributed by atoms with Gasteiger partial charge in [-0.05, 0) is 42.2 Å². The highest BCUT2D eigenvalue weighted by atomic mass is 79.9. The van der Waals surface area contributed by atoms with E-state index in [0.29, 0.717) is 0 Å². The van der Waals surface area contributed by atoms with Crippen LogP contribution in [0.5, 0.6) is 0 Å². The standard InChI is InChI=1S/C11H16BrN3S/c1-14-8-2-3-9(14)6-15(5-4-8)11-13-10(12)7-16-11/h7-9H,2-6H2,1H3. The van der Waals surface area contributed by atoms with Crippen LogP contribution in [0.15, 0.2) is 9.98 Å². The number of hydrogen-bond donors (Lipinski definition) is 0. The topological polar surface area (TPSA) is 19.4 Å². The van der Waals surface area contributed by atoms with Crippen LogP contribution in [-0.4, -0.2) is 42.1 Å². The Labute approximate surface area is 109 Å². The first-order chi connectivity index (χ1) is 7.74. The highest BCUT2D eigenvalue weighted by Gasteiger charge is 2.35. The van der Waals surface area contributed by atoms with E-state index in [1.165, 1.54) is 24.4 Å². The lowest BCUT2D eigenvalue weighted by atomic mass is 10.1. The first-order valence-electron chi connectivity index (χ1n) is 5.82. The second-order valence-corrected chi connectivity index (χ2v) is 6.39. The van der Waals surface area contributed by atoms with Crippen molar-refractivity contribution in [1.82, 2.24) is 9.88 Å². The fourth-order valence-corrected chi connectivity index (χ4v) is 4.16. The molecule has 2 aliphatic heterocycles. The summed E-state index contributed by atoms with van der Waals surface area (Å²) in [6, 6.07) is 1.54. The van der Waals surface area contributed by atoms with Gasteiger partial charge in [0.25, 0.3) is 0 Å². The molecule has 1 aromatic heterocycles. The Bertz CT molecular complexity index is 381. The Morgan fingerprint density at radius 1 is 1.38 bits per heavy atom. The molecule has 2 fully saturated rings. The summed E-state index contributed by atoms with van der Waals surface area (Å²) >= 11 is 5.18. The molecule has 0 spiro atoms. The zero-order valence-electron chi connectivity index (χ0n) is 9.40. The van der Waals surface area contributed by atoms with Gasteiger partial charge in [0.2, 0.25) is 0 Å². The van der Waals surface area contributed by atoms with Crippen molar-refractivity contribution in [2.45, 2.75) is 31.3 Å². The summed E-state index contributed by atoms with van der Waals surface area (Å²) in [5, 5.41) is 3.25. The van der Waals surface area contributed by atoms with Gasteiger partial charge in [-0.2, -0.15) is 0 Å². The number of thiazole rings is 1. The highest BCUT2D eigenvalue weighted by molar-refractivity contribution is 9.10. The molecule has 88 valence electrons. The normalized spacial score (nSPS) is 30.8. The summed E-state index contributed by atoms with van der Waals surface area (Å²) in [7, 11) is 2.28. The third-order valence-corrected chi connectivity index (χ3v) is 5.49. The minimum atomic E-state index is 0.732.